The van der Waals surface area contributed by atoms with Crippen LogP contribution in [-0.4, -0.2) is 21.0 Å². The van der Waals surface area contributed by atoms with E-state index in [1.807, 2.05) is 0 Å². The molecule has 4 heteroatoms. The van der Waals surface area contributed by atoms with E-state index >= 15 is 0 Å². The van der Waals surface area contributed by atoms with Crippen molar-refractivity contribution >= 4 is 5.97 Å². The Morgan fingerprint density at radius 3 is 2.83 bits per heavy atom. The van der Waals surface area contributed by atoms with E-state index in [4.69, 9.17) is 5.11 Å². The van der Waals surface area contributed by atoms with Gasteiger partial charge >= 0.3 is 5.97 Å². The van der Waals surface area contributed by atoms with Crippen molar-refractivity contribution in [2.75, 3.05) is 0 Å². The summed E-state index contributed by atoms with van der Waals surface area (Å²) in [6.45, 7) is 2.10. The van der Waals surface area contributed by atoms with Crippen LogP contribution in [0.2, 0.25) is 0 Å². The van der Waals surface area contributed by atoms with Crippen molar-refractivity contribution in [3.8, 4) is 0 Å². The number of imidazole rings is 1. The Balaban J connectivity index is 2.30. The summed E-state index contributed by atoms with van der Waals surface area (Å²) in [7, 11) is 0. The molecule has 0 amide bonds. The van der Waals surface area contributed by atoms with Gasteiger partial charge in [-0.25, -0.2) is 9.78 Å². The maximum Gasteiger partial charge on any atom is 0.371 e. The van der Waals surface area contributed by atoms with Gasteiger partial charge in [-0.2, -0.15) is 0 Å². The van der Waals surface area contributed by atoms with Crippen LogP contribution in [0, 0.1) is 0 Å². The highest BCUT2D eigenvalue weighted by atomic mass is 16.4. The smallest absolute Gasteiger partial charge is 0.371 e. The molecular formula is C8H10N2O2. The normalized spacial score (nSPS) is 19.1. The fourth-order valence-corrected chi connectivity index (χ4v) is 1.19. The van der Waals surface area contributed by atoms with Gasteiger partial charge in [0.15, 0.2) is 0 Å². The third-order valence-corrected chi connectivity index (χ3v) is 2.43. The van der Waals surface area contributed by atoms with Crippen LogP contribution in [0.1, 0.15) is 36.1 Å². The van der Waals surface area contributed by atoms with E-state index in [0.717, 1.165) is 18.5 Å². The van der Waals surface area contributed by atoms with Gasteiger partial charge in [0, 0.05) is 17.3 Å². The van der Waals surface area contributed by atoms with Gasteiger partial charge in [-0.1, -0.05) is 6.92 Å². The zero-order valence-electron chi connectivity index (χ0n) is 6.79. The second-order valence-corrected chi connectivity index (χ2v) is 3.51. The Morgan fingerprint density at radius 2 is 2.42 bits per heavy atom. The van der Waals surface area contributed by atoms with E-state index in [2.05, 4.69) is 16.9 Å². The molecule has 0 saturated heterocycles. The zero-order chi connectivity index (χ0) is 8.77. The highest BCUT2D eigenvalue weighted by molar-refractivity contribution is 5.83. The summed E-state index contributed by atoms with van der Waals surface area (Å²) in [5.41, 5.74) is 1.11. The molecule has 0 unspecified atom stereocenters. The summed E-state index contributed by atoms with van der Waals surface area (Å²) in [5.74, 6) is -0.955. The number of nitrogens with one attached hydrogen (secondary N) is 1. The molecule has 0 radical (unpaired) electrons. The van der Waals surface area contributed by atoms with Gasteiger partial charge in [0.05, 0.1) is 0 Å². The van der Waals surface area contributed by atoms with E-state index in [1.165, 1.54) is 0 Å². The molecule has 12 heavy (non-hydrogen) atoms. The summed E-state index contributed by atoms with van der Waals surface area (Å²) in [6.07, 6.45) is 3.86. The molecule has 1 aromatic heterocycles. The molecule has 1 fully saturated rings. The van der Waals surface area contributed by atoms with Gasteiger partial charge in [0.25, 0.3) is 0 Å². The number of hydrogen-bond acceptors (Lipinski definition) is 2. The molecule has 64 valence electrons. The number of aromatic nitrogens is 2. The molecule has 4 nitrogen and oxygen atoms in total. The predicted octanol–water partition coefficient (Wildman–Crippen LogP) is 1.16. The van der Waals surface area contributed by atoms with E-state index in [1.54, 1.807) is 6.20 Å². The summed E-state index contributed by atoms with van der Waals surface area (Å²) in [6, 6.07) is 0. The van der Waals surface area contributed by atoms with Crippen LogP contribution >= 0.6 is 0 Å². The van der Waals surface area contributed by atoms with Gasteiger partial charge in [0.1, 0.15) is 0 Å². The fraction of sp³-hybridized carbons (Fsp3) is 0.500. The Morgan fingerprint density at radius 1 is 1.75 bits per heavy atom. The van der Waals surface area contributed by atoms with Crippen LogP contribution in [0.3, 0.4) is 0 Å². The summed E-state index contributed by atoms with van der Waals surface area (Å²) in [5, 5.41) is 8.59. The molecule has 0 spiro atoms. The second kappa shape index (κ2) is 2.09. The number of hydrogen-bond donors (Lipinski definition) is 2. The van der Waals surface area contributed by atoms with Crippen LogP contribution in [0.15, 0.2) is 6.20 Å². The van der Waals surface area contributed by atoms with Crippen LogP contribution in [0.25, 0.3) is 0 Å². The maximum atomic E-state index is 10.5. The topological polar surface area (TPSA) is 66.0 Å². The second-order valence-electron chi connectivity index (χ2n) is 3.51. The Kier molecular flexibility index (Phi) is 1.28. The first-order valence-electron chi connectivity index (χ1n) is 3.91. The number of nitrogens with zero attached hydrogens (tertiary/aromatic N) is 1. The average molecular weight is 166 g/mol. The Labute approximate surface area is 69.6 Å². The number of H-pyrrole nitrogens is 1. The first-order valence-corrected chi connectivity index (χ1v) is 3.91. The molecule has 2 rings (SSSR count). The Bertz CT molecular complexity index is 326. The van der Waals surface area contributed by atoms with E-state index in [0.29, 0.717) is 0 Å². The third kappa shape index (κ3) is 0.995. The fourth-order valence-electron chi connectivity index (χ4n) is 1.19. The van der Waals surface area contributed by atoms with Crippen LogP contribution < -0.4 is 0 Å². The minimum Gasteiger partial charge on any atom is -0.475 e. The standard InChI is InChI=1S/C8H10N2O2/c1-8(2-3-8)5-4-9-6(10-5)7(11)12/h4H,2-3H2,1H3,(H,9,10)(H,11,12). The zero-order valence-corrected chi connectivity index (χ0v) is 6.79. The van der Waals surface area contributed by atoms with Crippen molar-refractivity contribution in [1.82, 2.24) is 9.97 Å². The van der Waals surface area contributed by atoms with Gasteiger partial charge in [-0.3, -0.25) is 0 Å². The largest absolute Gasteiger partial charge is 0.475 e. The van der Waals surface area contributed by atoms with Gasteiger partial charge in [-0.05, 0) is 12.8 Å². The SMILES string of the molecule is CC1(c2cnc(C(=O)O)[nH]2)CC1. The molecule has 1 heterocycles. The van der Waals surface area contributed by atoms with Gasteiger partial charge in [-0.15, -0.1) is 0 Å². The lowest BCUT2D eigenvalue weighted by Gasteiger charge is -2.01. The van der Waals surface area contributed by atoms with E-state index in [9.17, 15) is 4.79 Å². The highest BCUT2D eigenvalue weighted by Gasteiger charge is 2.40. The molecular weight excluding hydrogens is 156 g/mol. The molecule has 1 aliphatic carbocycles. The summed E-state index contributed by atoms with van der Waals surface area (Å²) < 4.78 is 0. The number of carbonyl (C=O) groups is 1. The van der Waals surface area contributed by atoms with E-state index in [-0.39, 0.29) is 11.2 Å². The van der Waals surface area contributed by atoms with Crippen LogP contribution in [0.5, 0.6) is 0 Å². The molecule has 1 saturated carbocycles. The van der Waals surface area contributed by atoms with E-state index < -0.39 is 5.97 Å². The summed E-state index contributed by atoms with van der Waals surface area (Å²) >= 11 is 0. The molecule has 1 aliphatic rings. The lowest BCUT2D eigenvalue weighted by molar-refractivity contribution is 0.0684. The number of aromatic amines is 1. The predicted molar refractivity (Wildman–Crippen MR) is 42.1 cm³/mol. The van der Waals surface area contributed by atoms with Crippen LogP contribution in [-0.2, 0) is 5.41 Å². The molecule has 0 bridgehead atoms. The lowest BCUT2D eigenvalue weighted by Crippen LogP contribution is -2.02. The van der Waals surface area contributed by atoms with Crippen LogP contribution in [0.4, 0.5) is 0 Å². The molecule has 2 N–H and O–H groups in total. The molecule has 0 aromatic carbocycles. The monoisotopic (exact) mass is 166 g/mol. The van der Waals surface area contributed by atoms with Crippen molar-refractivity contribution in [3.05, 3.63) is 17.7 Å². The van der Waals surface area contributed by atoms with Crippen molar-refractivity contribution in [2.24, 2.45) is 0 Å². The molecule has 0 aliphatic heterocycles. The highest BCUT2D eigenvalue weighted by Crippen LogP contribution is 2.46. The third-order valence-electron chi connectivity index (χ3n) is 2.43. The lowest BCUT2D eigenvalue weighted by atomic mass is 10.1. The minimum absolute atomic E-state index is 0.0399. The van der Waals surface area contributed by atoms with Crippen molar-refractivity contribution < 1.29 is 9.90 Å². The van der Waals surface area contributed by atoms with Crippen molar-refractivity contribution in [2.45, 2.75) is 25.2 Å². The number of carboxylic acids is 1. The van der Waals surface area contributed by atoms with Crippen molar-refractivity contribution in [1.29, 1.82) is 0 Å². The number of carboxylic acid groups (broad SMARTS) is 1. The Hall–Kier alpha value is -1.32. The molecule has 1 aromatic rings. The average Bonchev–Trinajstić information content (AvgIpc) is 2.61. The number of rotatable bonds is 2. The summed E-state index contributed by atoms with van der Waals surface area (Å²) in [4.78, 5) is 17.0. The maximum absolute atomic E-state index is 10.5. The van der Waals surface area contributed by atoms with Crippen molar-refractivity contribution in [3.63, 3.8) is 0 Å². The van der Waals surface area contributed by atoms with Gasteiger partial charge < -0.3 is 10.1 Å². The first-order chi connectivity index (χ1) is 5.62. The van der Waals surface area contributed by atoms with Gasteiger partial charge in [0.2, 0.25) is 5.82 Å². The number of aromatic carboxylic acids is 1. The first kappa shape index (κ1) is 7.34. The quantitative estimate of drug-likeness (QED) is 0.692. The minimum atomic E-state index is -0.995. The molecule has 0 atom stereocenters.